The highest BCUT2D eigenvalue weighted by Crippen LogP contribution is 2.41. The van der Waals surface area contributed by atoms with Crippen LogP contribution in [0.25, 0.3) is 11.1 Å². The summed E-state index contributed by atoms with van der Waals surface area (Å²) in [6.45, 7) is 7.07. The number of aromatic nitrogens is 1. The van der Waals surface area contributed by atoms with E-state index in [1.54, 1.807) is 12.1 Å². The van der Waals surface area contributed by atoms with Crippen molar-refractivity contribution in [1.29, 1.82) is 0 Å². The molecule has 1 aliphatic rings. The molecule has 0 atom stereocenters. The van der Waals surface area contributed by atoms with E-state index in [2.05, 4.69) is 4.90 Å². The van der Waals surface area contributed by atoms with E-state index >= 15 is 0 Å². The molecule has 6 nitrogen and oxygen atoms in total. The van der Waals surface area contributed by atoms with Gasteiger partial charge in [-0.1, -0.05) is 31.7 Å². The first kappa shape index (κ1) is 33.7. The average molecular weight is 611 g/mol. The van der Waals surface area contributed by atoms with Gasteiger partial charge in [-0.15, -0.1) is 0 Å². The fourth-order valence-electron chi connectivity index (χ4n) is 5.11. The molecule has 4 rings (SSSR count). The number of hydrogen-bond acceptors (Lipinski definition) is 4. The van der Waals surface area contributed by atoms with Gasteiger partial charge in [0.15, 0.2) is 0 Å². The van der Waals surface area contributed by atoms with Crippen molar-refractivity contribution in [2.45, 2.75) is 46.0 Å². The number of carbonyl (C=O) groups excluding carboxylic acids is 1. The minimum absolute atomic E-state index is 0. The quantitative estimate of drug-likeness (QED) is 0.184. The molecule has 1 saturated heterocycles. The van der Waals surface area contributed by atoms with Crippen molar-refractivity contribution in [3.05, 3.63) is 82.2 Å². The highest BCUT2D eigenvalue weighted by Gasteiger charge is 2.41. The Morgan fingerprint density at radius 2 is 1.37 bits per heavy atom. The third-order valence-electron chi connectivity index (χ3n) is 7.79. The molecular weight excluding hydrogens is 574 g/mol. The van der Waals surface area contributed by atoms with Crippen LogP contribution in [0.2, 0.25) is 0 Å². The minimum atomic E-state index is -5.06. The number of hydrogen-bond donors (Lipinski definition) is 0. The monoisotopic (exact) mass is 610 g/mol. The highest BCUT2D eigenvalue weighted by atomic mass is 19.4. The number of piperazine rings is 1. The molecule has 43 heavy (non-hydrogen) atoms. The first-order valence-corrected chi connectivity index (χ1v) is 13.3. The summed E-state index contributed by atoms with van der Waals surface area (Å²) < 4.78 is 82.1. The van der Waals surface area contributed by atoms with Gasteiger partial charge in [0.25, 0.3) is 5.82 Å². The fourth-order valence-corrected chi connectivity index (χ4v) is 5.11. The predicted octanol–water partition coefficient (Wildman–Crippen LogP) is 6.66. The van der Waals surface area contributed by atoms with Crippen LogP contribution in [-0.4, -0.2) is 51.1 Å². The molecule has 2 aromatic carbocycles. The van der Waals surface area contributed by atoms with E-state index in [9.17, 15) is 36.3 Å². The first-order chi connectivity index (χ1) is 19.4. The zero-order valence-electron chi connectivity index (χ0n) is 23.9. The second-order valence-corrected chi connectivity index (χ2v) is 11.1. The summed E-state index contributed by atoms with van der Waals surface area (Å²) in [5.41, 5.74) is -3.04. The van der Waals surface area contributed by atoms with Crippen LogP contribution < -0.4 is 14.5 Å². The van der Waals surface area contributed by atoms with E-state index < -0.39 is 40.4 Å². The lowest BCUT2D eigenvalue weighted by Crippen LogP contribution is -2.49. The Bertz CT molecular complexity index is 1450. The van der Waals surface area contributed by atoms with Crippen LogP contribution in [-0.2, 0) is 22.6 Å². The number of nitrogens with zero attached hydrogens (tertiary/aromatic N) is 4. The molecule has 234 valence electrons. The normalized spacial score (nSPS) is 14.8. The van der Waals surface area contributed by atoms with Gasteiger partial charge in [-0.2, -0.15) is 26.3 Å². The smallest absolute Gasteiger partial charge is 0.416 e. The summed E-state index contributed by atoms with van der Waals surface area (Å²) in [4.78, 5) is 19.1. The number of alkyl halides is 6. The average Bonchev–Trinajstić information content (AvgIpc) is 2.92. The van der Waals surface area contributed by atoms with Crippen molar-refractivity contribution in [2.75, 3.05) is 50.1 Å². The van der Waals surface area contributed by atoms with Crippen LogP contribution in [0.5, 0.6) is 0 Å². The fraction of sp³-hybridized carbons (Fsp3) is 0.419. The summed E-state index contributed by atoms with van der Waals surface area (Å²) in [6, 6.07) is 10.2. The van der Waals surface area contributed by atoms with E-state index in [1.807, 2.05) is 37.1 Å². The molecule has 2 heterocycles. The Labute approximate surface area is 247 Å². The SMILES string of the molecule is C.Cc1ccccc1-c1cc(N2CCN(C)CC2)[n+]([O-])cc1N(C)C(=O)C(C)(C)c1cc(C(F)(F)F)cc(C(F)(F)F)c1. The van der Waals surface area contributed by atoms with Gasteiger partial charge in [-0.05, 0) is 62.7 Å². The highest BCUT2D eigenvalue weighted by molar-refractivity contribution is 6.03. The number of anilines is 2. The number of amides is 1. The zero-order chi connectivity index (χ0) is 31.2. The molecule has 12 heteroatoms. The largest absolute Gasteiger partial charge is 0.711 e. The Morgan fingerprint density at radius 1 is 0.860 bits per heavy atom. The maximum absolute atomic E-state index is 13.9. The summed E-state index contributed by atoms with van der Waals surface area (Å²) in [7, 11) is 3.34. The van der Waals surface area contributed by atoms with Crippen molar-refractivity contribution < 1.29 is 35.9 Å². The molecule has 0 spiro atoms. The molecule has 1 amide bonds. The number of carbonyl (C=O) groups is 1. The third-order valence-corrected chi connectivity index (χ3v) is 7.79. The van der Waals surface area contributed by atoms with Crippen molar-refractivity contribution >= 4 is 17.4 Å². The van der Waals surface area contributed by atoms with Gasteiger partial charge < -0.3 is 10.1 Å². The molecule has 0 bridgehead atoms. The van der Waals surface area contributed by atoms with Crippen LogP contribution in [0.1, 0.15) is 43.5 Å². The lowest BCUT2D eigenvalue weighted by Gasteiger charge is -2.33. The van der Waals surface area contributed by atoms with E-state index in [0.29, 0.717) is 41.3 Å². The number of rotatable bonds is 5. The van der Waals surface area contributed by atoms with Gasteiger partial charge in [-0.25, -0.2) is 4.73 Å². The van der Waals surface area contributed by atoms with Gasteiger partial charge in [0.05, 0.1) is 35.3 Å². The van der Waals surface area contributed by atoms with Gasteiger partial charge in [0.2, 0.25) is 5.91 Å². The van der Waals surface area contributed by atoms with E-state index in [-0.39, 0.29) is 19.2 Å². The van der Waals surface area contributed by atoms with Gasteiger partial charge in [0, 0.05) is 31.8 Å². The number of likely N-dealkylation sites (N-methyl/N-ethyl adjacent to an activating group) is 2. The van der Waals surface area contributed by atoms with Crippen LogP contribution in [0.4, 0.5) is 37.8 Å². The van der Waals surface area contributed by atoms with Crippen LogP contribution in [0, 0.1) is 12.1 Å². The predicted molar refractivity (Wildman–Crippen MR) is 155 cm³/mol. The second-order valence-electron chi connectivity index (χ2n) is 11.1. The molecular formula is C31H36F6N4O2. The van der Waals surface area contributed by atoms with Crippen molar-refractivity contribution in [1.82, 2.24) is 4.90 Å². The standard InChI is InChI=1S/C30H32F6N4O2.CH4/c1-19-8-6-7-9-23(19)24-17-26(39-12-10-37(4)11-13-39)40(42)18-25(24)38(5)27(41)28(2,3)20-14-21(29(31,32)33)16-22(15-20)30(34,35)36;/h6-9,14-18H,10-13H2,1-5H3;1H4. The molecule has 1 aromatic heterocycles. The van der Waals surface area contributed by atoms with E-state index in [0.717, 1.165) is 29.1 Å². The summed E-state index contributed by atoms with van der Waals surface area (Å²) in [5, 5.41) is 13.3. The summed E-state index contributed by atoms with van der Waals surface area (Å²) in [5.74, 6) is -0.421. The van der Waals surface area contributed by atoms with Crippen LogP contribution in [0.3, 0.4) is 0 Å². The Morgan fingerprint density at radius 3 is 1.88 bits per heavy atom. The Hall–Kier alpha value is -3.80. The second kappa shape index (κ2) is 12.1. The molecule has 1 fully saturated rings. The first-order valence-electron chi connectivity index (χ1n) is 13.3. The molecule has 0 saturated carbocycles. The maximum Gasteiger partial charge on any atom is 0.416 e. The number of aryl methyl sites for hydroxylation is 1. The Balaban J connectivity index is 0.00000506. The van der Waals surface area contributed by atoms with Crippen LogP contribution in [0.15, 0.2) is 54.7 Å². The molecule has 0 radical (unpaired) electrons. The lowest BCUT2D eigenvalue weighted by atomic mass is 9.81. The van der Waals surface area contributed by atoms with Gasteiger partial charge in [-0.3, -0.25) is 14.6 Å². The molecule has 0 unspecified atom stereocenters. The summed E-state index contributed by atoms with van der Waals surface area (Å²) >= 11 is 0. The van der Waals surface area contributed by atoms with Gasteiger partial charge >= 0.3 is 12.4 Å². The minimum Gasteiger partial charge on any atom is -0.711 e. The molecule has 0 aliphatic carbocycles. The maximum atomic E-state index is 13.9. The Kier molecular flexibility index (Phi) is 9.45. The summed E-state index contributed by atoms with van der Waals surface area (Å²) in [6.07, 6.45) is -8.89. The molecule has 1 aliphatic heterocycles. The van der Waals surface area contributed by atoms with Crippen molar-refractivity contribution in [2.24, 2.45) is 0 Å². The van der Waals surface area contributed by atoms with Gasteiger partial charge in [0.1, 0.15) is 6.20 Å². The van der Waals surface area contributed by atoms with E-state index in [1.165, 1.54) is 27.1 Å². The number of halogens is 6. The molecule has 3 aromatic rings. The van der Waals surface area contributed by atoms with Crippen molar-refractivity contribution in [3.8, 4) is 11.1 Å². The number of pyridine rings is 1. The van der Waals surface area contributed by atoms with E-state index in [4.69, 9.17) is 0 Å². The number of benzene rings is 2. The topological polar surface area (TPSA) is 53.7 Å². The molecule has 0 N–H and O–H groups in total. The lowest BCUT2D eigenvalue weighted by molar-refractivity contribution is -0.591. The van der Waals surface area contributed by atoms with Crippen molar-refractivity contribution in [3.63, 3.8) is 0 Å². The zero-order valence-corrected chi connectivity index (χ0v) is 23.9. The third kappa shape index (κ3) is 6.90. The van der Waals surface area contributed by atoms with Crippen LogP contribution >= 0.6 is 0 Å².